The van der Waals surface area contributed by atoms with Gasteiger partial charge in [0.1, 0.15) is 17.5 Å². The van der Waals surface area contributed by atoms with E-state index in [0.29, 0.717) is 42.8 Å². The number of amides is 3. The van der Waals surface area contributed by atoms with Gasteiger partial charge in [-0.05, 0) is 50.1 Å². The summed E-state index contributed by atoms with van der Waals surface area (Å²) in [6, 6.07) is 13.7. The second kappa shape index (κ2) is 10.7. The van der Waals surface area contributed by atoms with Crippen LogP contribution in [-0.4, -0.2) is 72.1 Å². The van der Waals surface area contributed by atoms with Crippen LogP contribution in [0.4, 0.5) is 0 Å². The van der Waals surface area contributed by atoms with Gasteiger partial charge < -0.3 is 19.7 Å². The number of piperidine rings is 1. The van der Waals surface area contributed by atoms with E-state index in [4.69, 9.17) is 9.47 Å². The minimum absolute atomic E-state index is 0.00760. The Morgan fingerprint density at radius 3 is 2.50 bits per heavy atom. The Labute approximate surface area is 212 Å². The van der Waals surface area contributed by atoms with Crippen molar-refractivity contribution in [1.29, 1.82) is 0 Å². The fourth-order valence-corrected chi connectivity index (χ4v) is 4.95. The molecule has 0 radical (unpaired) electrons. The van der Waals surface area contributed by atoms with Gasteiger partial charge in [-0.15, -0.1) is 0 Å². The van der Waals surface area contributed by atoms with E-state index in [1.54, 1.807) is 47.2 Å². The summed E-state index contributed by atoms with van der Waals surface area (Å²) in [7, 11) is 1.57. The van der Waals surface area contributed by atoms with Gasteiger partial charge in [0.25, 0.3) is 11.8 Å². The molecule has 2 atom stereocenters. The van der Waals surface area contributed by atoms with Crippen LogP contribution < -0.4 is 10.1 Å². The summed E-state index contributed by atoms with van der Waals surface area (Å²) in [6.45, 7) is 6.79. The molecule has 2 saturated heterocycles. The molecule has 1 N–H and O–H groups in total. The second-order valence-electron chi connectivity index (χ2n) is 9.61. The number of rotatable bonds is 6. The molecule has 2 aliphatic rings. The molecule has 2 aliphatic heterocycles. The first-order chi connectivity index (χ1) is 17.3. The molecule has 2 fully saturated rings. The Morgan fingerprint density at radius 2 is 1.83 bits per heavy atom. The van der Waals surface area contributed by atoms with Crippen LogP contribution in [0.15, 0.2) is 48.5 Å². The maximum absolute atomic E-state index is 13.9. The van der Waals surface area contributed by atoms with Crippen molar-refractivity contribution in [3.05, 3.63) is 65.2 Å². The lowest BCUT2D eigenvalue weighted by atomic mass is 9.95. The smallest absolute Gasteiger partial charge is 0.257 e. The fraction of sp³-hybridized carbons (Fsp3) is 0.464. The third kappa shape index (κ3) is 4.95. The van der Waals surface area contributed by atoms with Gasteiger partial charge in [0.05, 0.1) is 13.7 Å². The fourth-order valence-electron chi connectivity index (χ4n) is 4.95. The van der Waals surface area contributed by atoms with Crippen LogP contribution in [0.1, 0.15) is 59.4 Å². The van der Waals surface area contributed by atoms with Gasteiger partial charge in [-0.1, -0.05) is 31.2 Å². The average molecular weight is 494 g/mol. The Morgan fingerprint density at radius 1 is 1.11 bits per heavy atom. The number of ether oxygens (including phenoxy) is 2. The number of hydrogen-bond donors (Lipinski definition) is 1. The summed E-state index contributed by atoms with van der Waals surface area (Å²) in [5.41, 5.74) is 1.01. The largest absolute Gasteiger partial charge is 0.497 e. The van der Waals surface area contributed by atoms with E-state index in [0.717, 1.165) is 12.0 Å². The Bertz CT molecular complexity index is 1130. The Kier molecular flexibility index (Phi) is 7.64. The number of carbonyl (C=O) groups is 3. The van der Waals surface area contributed by atoms with Crippen molar-refractivity contribution in [2.75, 3.05) is 26.8 Å². The van der Waals surface area contributed by atoms with Crippen molar-refractivity contribution in [3.63, 3.8) is 0 Å². The van der Waals surface area contributed by atoms with Crippen molar-refractivity contribution in [1.82, 2.24) is 15.1 Å². The highest BCUT2D eigenvalue weighted by Gasteiger charge is 2.54. The summed E-state index contributed by atoms with van der Waals surface area (Å²) in [4.78, 5) is 43.7. The molecule has 0 aliphatic carbocycles. The predicted molar refractivity (Wildman–Crippen MR) is 136 cm³/mol. The lowest BCUT2D eigenvalue weighted by Gasteiger charge is -2.44. The zero-order valence-electron chi connectivity index (χ0n) is 21.5. The molecule has 3 amide bonds. The van der Waals surface area contributed by atoms with E-state index in [1.165, 1.54) is 0 Å². The minimum atomic E-state index is -0.942. The normalized spacial score (nSPS) is 19.7. The van der Waals surface area contributed by atoms with Gasteiger partial charge in [-0.3, -0.25) is 19.3 Å². The molecule has 0 bridgehead atoms. The molecule has 36 heavy (non-hydrogen) atoms. The molecule has 8 nitrogen and oxygen atoms in total. The molecule has 2 heterocycles. The SMILES string of the molecule is CC[C@H](C)NC(=O)[C@H]1COC2(CCN(C(=O)c3cccc(OC)c3)CC2)N1C(=O)c1ccccc1C. The van der Waals surface area contributed by atoms with Crippen LogP contribution in [-0.2, 0) is 9.53 Å². The zero-order chi connectivity index (χ0) is 25.9. The van der Waals surface area contributed by atoms with Crippen molar-refractivity contribution in [3.8, 4) is 5.75 Å². The standard InChI is InChI=1S/C28H35N3O5/c1-5-20(3)29-25(32)24-18-36-28(31(24)27(34)23-12-7-6-9-19(23)2)13-15-30(16-14-28)26(33)21-10-8-11-22(17-21)35-4/h6-12,17,20,24H,5,13-16,18H2,1-4H3,(H,29,32)/t20-,24+/m0/s1. The number of benzene rings is 2. The molecule has 0 aromatic heterocycles. The van der Waals surface area contributed by atoms with Crippen molar-refractivity contribution in [2.24, 2.45) is 0 Å². The van der Waals surface area contributed by atoms with Crippen LogP contribution in [0.5, 0.6) is 5.75 Å². The molecule has 2 aromatic carbocycles. The summed E-state index contributed by atoms with van der Waals surface area (Å²) < 4.78 is 11.5. The van der Waals surface area contributed by atoms with Crippen molar-refractivity contribution >= 4 is 17.7 Å². The number of aryl methyl sites for hydroxylation is 1. The lowest BCUT2D eigenvalue weighted by molar-refractivity contribution is -0.128. The molecular weight excluding hydrogens is 458 g/mol. The van der Waals surface area contributed by atoms with Crippen LogP contribution in [0, 0.1) is 6.92 Å². The first-order valence-electron chi connectivity index (χ1n) is 12.6. The number of carbonyl (C=O) groups excluding carboxylic acids is 3. The van der Waals surface area contributed by atoms with Crippen LogP contribution in [0.2, 0.25) is 0 Å². The highest BCUT2D eigenvalue weighted by Crippen LogP contribution is 2.39. The summed E-state index contributed by atoms with van der Waals surface area (Å²) >= 11 is 0. The van der Waals surface area contributed by atoms with Gasteiger partial charge in [-0.2, -0.15) is 0 Å². The Balaban J connectivity index is 1.58. The number of nitrogens with one attached hydrogen (secondary N) is 1. The first kappa shape index (κ1) is 25.7. The maximum atomic E-state index is 13.9. The maximum Gasteiger partial charge on any atom is 0.257 e. The number of likely N-dealkylation sites (tertiary alicyclic amines) is 1. The van der Waals surface area contributed by atoms with Gasteiger partial charge in [0, 0.05) is 43.1 Å². The van der Waals surface area contributed by atoms with E-state index >= 15 is 0 Å². The predicted octanol–water partition coefficient (Wildman–Crippen LogP) is 3.39. The molecule has 192 valence electrons. The van der Waals surface area contributed by atoms with Gasteiger partial charge in [0.2, 0.25) is 5.91 Å². The third-order valence-electron chi connectivity index (χ3n) is 7.31. The van der Waals surface area contributed by atoms with Crippen molar-refractivity contribution in [2.45, 2.75) is 57.8 Å². The van der Waals surface area contributed by atoms with E-state index in [9.17, 15) is 14.4 Å². The first-order valence-corrected chi connectivity index (χ1v) is 12.6. The summed E-state index contributed by atoms with van der Waals surface area (Å²) in [5, 5.41) is 3.01. The molecular formula is C28H35N3O5. The van der Waals surface area contributed by atoms with E-state index in [2.05, 4.69) is 5.32 Å². The monoisotopic (exact) mass is 493 g/mol. The van der Waals surface area contributed by atoms with Gasteiger partial charge in [0.15, 0.2) is 0 Å². The molecule has 1 spiro atoms. The van der Waals surface area contributed by atoms with Gasteiger partial charge >= 0.3 is 0 Å². The van der Waals surface area contributed by atoms with E-state index in [-0.39, 0.29) is 30.4 Å². The zero-order valence-corrected chi connectivity index (χ0v) is 21.5. The van der Waals surface area contributed by atoms with E-state index < -0.39 is 11.8 Å². The third-order valence-corrected chi connectivity index (χ3v) is 7.31. The van der Waals surface area contributed by atoms with E-state index in [1.807, 2.05) is 39.0 Å². The molecule has 0 unspecified atom stereocenters. The summed E-state index contributed by atoms with van der Waals surface area (Å²) in [5.74, 6) is 0.101. The number of methoxy groups -OCH3 is 1. The topological polar surface area (TPSA) is 88.2 Å². The average Bonchev–Trinajstić information content (AvgIpc) is 3.27. The van der Waals surface area contributed by atoms with Crippen LogP contribution >= 0.6 is 0 Å². The number of nitrogens with zero attached hydrogens (tertiary/aromatic N) is 2. The molecule has 8 heteroatoms. The quantitative estimate of drug-likeness (QED) is 0.667. The second-order valence-corrected chi connectivity index (χ2v) is 9.61. The lowest BCUT2D eigenvalue weighted by Crippen LogP contribution is -2.60. The highest BCUT2D eigenvalue weighted by atomic mass is 16.5. The molecule has 4 rings (SSSR count). The summed E-state index contributed by atoms with van der Waals surface area (Å²) in [6.07, 6.45) is 1.64. The number of hydrogen-bond acceptors (Lipinski definition) is 5. The van der Waals surface area contributed by atoms with Gasteiger partial charge in [-0.25, -0.2) is 0 Å². The molecule has 0 saturated carbocycles. The molecule has 2 aromatic rings. The minimum Gasteiger partial charge on any atom is -0.497 e. The van der Waals surface area contributed by atoms with Crippen LogP contribution in [0.25, 0.3) is 0 Å². The highest BCUT2D eigenvalue weighted by molar-refractivity contribution is 5.99. The van der Waals surface area contributed by atoms with Crippen LogP contribution in [0.3, 0.4) is 0 Å². The van der Waals surface area contributed by atoms with Crippen molar-refractivity contribution < 1.29 is 23.9 Å². The Hall–Kier alpha value is -3.39.